The van der Waals surface area contributed by atoms with Crippen molar-refractivity contribution in [3.63, 3.8) is 0 Å². The minimum absolute atomic E-state index is 0.182. The van der Waals surface area contributed by atoms with Crippen molar-refractivity contribution in [2.75, 3.05) is 6.54 Å². The molecule has 0 radical (unpaired) electrons. The highest BCUT2D eigenvalue weighted by Gasteiger charge is 2.14. The maximum absolute atomic E-state index is 12.8. The fraction of sp³-hybridized carbons (Fsp3) is 0.385. The standard InChI is InChI=1S/C13H16FN/c1-4-9-15-13(10(2)3)11-5-7-12(14)8-6-11/h1,5-8,10,13,15H,9H2,2-3H3. The molecule has 1 rings (SSSR count). The average Bonchev–Trinajstić information content (AvgIpc) is 2.21. The van der Waals surface area contributed by atoms with Gasteiger partial charge in [-0.2, -0.15) is 0 Å². The first kappa shape index (κ1) is 11.7. The van der Waals surface area contributed by atoms with Gasteiger partial charge in [0.15, 0.2) is 0 Å². The van der Waals surface area contributed by atoms with E-state index in [0.29, 0.717) is 12.5 Å². The number of halogens is 1. The van der Waals surface area contributed by atoms with E-state index >= 15 is 0 Å². The molecule has 0 aromatic heterocycles. The predicted molar refractivity (Wildman–Crippen MR) is 60.8 cm³/mol. The van der Waals surface area contributed by atoms with E-state index in [-0.39, 0.29) is 11.9 Å². The molecule has 1 aromatic carbocycles. The SMILES string of the molecule is C#CCNC(c1ccc(F)cc1)C(C)C. The van der Waals surface area contributed by atoms with Crippen LogP contribution in [-0.2, 0) is 0 Å². The van der Waals surface area contributed by atoms with Crippen molar-refractivity contribution in [1.29, 1.82) is 0 Å². The Bertz CT molecular complexity index is 335. The number of benzene rings is 1. The molecule has 0 aliphatic rings. The first-order chi connectivity index (χ1) is 7.15. The molecular formula is C13H16FN. The highest BCUT2D eigenvalue weighted by Crippen LogP contribution is 2.21. The van der Waals surface area contributed by atoms with E-state index in [1.807, 2.05) is 0 Å². The number of hydrogen-bond donors (Lipinski definition) is 1. The van der Waals surface area contributed by atoms with Crippen LogP contribution in [0.5, 0.6) is 0 Å². The van der Waals surface area contributed by atoms with Crippen molar-refractivity contribution in [1.82, 2.24) is 5.32 Å². The third kappa shape index (κ3) is 3.38. The van der Waals surface area contributed by atoms with E-state index in [2.05, 4.69) is 25.1 Å². The van der Waals surface area contributed by atoms with Gasteiger partial charge in [-0.05, 0) is 23.6 Å². The zero-order valence-corrected chi connectivity index (χ0v) is 9.13. The molecule has 1 aromatic rings. The van der Waals surface area contributed by atoms with Gasteiger partial charge >= 0.3 is 0 Å². The summed E-state index contributed by atoms with van der Waals surface area (Å²) in [5.74, 6) is 2.76. The van der Waals surface area contributed by atoms with Crippen LogP contribution in [0.3, 0.4) is 0 Å². The Morgan fingerprint density at radius 2 is 1.93 bits per heavy atom. The lowest BCUT2D eigenvalue weighted by Gasteiger charge is -2.21. The van der Waals surface area contributed by atoms with Gasteiger partial charge < -0.3 is 0 Å². The van der Waals surface area contributed by atoms with Crippen LogP contribution < -0.4 is 5.32 Å². The van der Waals surface area contributed by atoms with Gasteiger partial charge in [-0.15, -0.1) is 6.42 Å². The van der Waals surface area contributed by atoms with E-state index in [1.165, 1.54) is 12.1 Å². The van der Waals surface area contributed by atoms with Crippen LogP contribution in [0.1, 0.15) is 25.5 Å². The van der Waals surface area contributed by atoms with E-state index in [4.69, 9.17) is 6.42 Å². The molecule has 0 spiro atoms. The lowest BCUT2D eigenvalue weighted by atomic mass is 9.96. The van der Waals surface area contributed by atoms with Crippen molar-refractivity contribution in [3.8, 4) is 12.3 Å². The van der Waals surface area contributed by atoms with Crippen molar-refractivity contribution in [2.24, 2.45) is 5.92 Å². The number of hydrogen-bond acceptors (Lipinski definition) is 1. The molecule has 0 saturated heterocycles. The summed E-state index contributed by atoms with van der Waals surface area (Å²) in [7, 11) is 0. The third-order valence-corrected chi connectivity index (χ3v) is 2.32. The Morgan fingerprint density at radius 1 is 1.33 bits per heavy atom. The highest BCUT2D eigenvalue weighted by atomic mass is 19.1. The maximum atomic E-state index is 12.8. The largest absolute Gasteiger partial charge is 0.299 e. The van der Waals surface area contributed by atoms with Crippen LogP contribution in [-0.4, -0.2) is 6.54 Å². The molecule has 1 unspecified atom stereocenters. The molecule has 0 amide bonds. The first-order valence-corrected chi connectivity index (χ1v) is 5.07. The molecule has 1 N–H and O–H groups in total. The van der Waals surface area contributed by atoms with Crippen molar-refractivity contribution >= 4 is 0 Å². The van der Waals surface area contributed by atoms with Crippen LogP contribution in [0.4, 0.5) is 4.39 Å². The zero-order valence-electron chi connectivity index (χ0n) is 9.13. The van der Waals surface area contributed by atoms with Gasteiger partial charge in [-0.3, -0.25) is 5.32 Å². The van der Waals surface area contributed by atoms with Crippen LogP contribution in [0.2, 0.25) is 0 Å². The molecule has 0 aliphatic carbocycles. The molecule has 0 aliphatic heterocycles. The van der Waals surface area contributed by atoms with Crippen LogP contribution in [0, 0.1) is 24.1 Å². The second-order valence-corrected chi connectivity index (χ2v) is 3.86. The minimum atomic E-state index is -0.210. The van der Waals surface area contributed by atoms with Crippen LogP contribution >= 0.6 is 0 Å². The van der Waals surface area contributed by atoms with Gasteiger partial charge in [0.1, 0.15) is 5.82 Å². The van der Waals surface area contributed by atoms with Gasteiger partial charge in [0.25, 0.3) is 0 Å². The highest BCUT2D eigenvalue weighted by molar-refractivity contribution is 5.20. The topological polar surface area (TPSA) is 12.0 Å². The Hall–Kier alpha value is -1.33. The van der Waals surface area contributed by atoms with Gasteiger partial charge in [0, 0.05) is 6.04 Å². The normalized spacial score (nSPS) is 12.5. The Morgan fingerprint density at radius 3 is 2.40 bits per heavy atom. The summed E-state index contributed by atoms with van der Waals surface area (Å²) in [6.45, 7) is 4.75. The van der Waals surface area contributed by atoms with Gasteiger partial charge in [-0.25, -0.2) is 4.39 Å². The van der Waals surface area contributed by atoms with E-state index in [1.54, 1.807) is 12.1 Å². The zero-order chi connectivity index (χ0) is 11.3. The molecule has 15 heavy (non-hydrogen) atoms. The molecule has 1 atom stereocenters. The van der Waals surface area contributed by atoms with Crippen molar-refractivity contribution in [2.45, 2.75) is 19.9 Å². The lowest BCUT2D eigenvalue weighted by molar-refractivity contribution is 0.430. The molecule has 80 valence electrons. The minimum Gasteiger partial charge on any atom is -0.299 e. The maximum Gasteiger partial charge on any atom is 0.123 e. The second-order valence-electron chi connectivity index (χ2n) is 3.86. The molecule has 0 fully saturated rings. The van der Waals surface area contributed by atoms with E-state index < -0.39 is 0 Å². The summed E-state index contributed by atoms with van der Waals surface area (Å²) in [6, 6.07) is 6.72. The monoisotopic (exact) mass is 205 g/mol. The first-order valence-electron chi connectivity index (χ1n) is 5.07. The number of nitrogens with one attached hydrogen (secondary N) is 1. The fourth-order valence-corrected chi connectivity index (χ4v) is 1.58. The number of rotatable bonds is 4. The van der Waals surface area contributed by atoms with Crippen LogP contribution in [0.25, 0.3) is 0 Å². The Labute approximate surface area is 90.7 Å². The molecular weight excluding hydrogens is 189 g/mol. The molecule has 0 saturated carbocycles. The predicted octanol–water partition coefficient (Wildman–Crippen LogP) is 2.75. The number of terminal acetylenes is 1. The summed E-state index contributed by atoms with van der Waals surface area (Å²) in [6.07, 6.45) is 5.21. The fourth-order valence-electron chi connectivity index (χ4n) is 1.58. The summed E-state index contributed by atoms with van der Waals surface area (Å²) in [4.78, 5) is 0. The van der Waals surface area contributed by atoms with Crippen LogP contribution in [0.15, 0.2) is 24.3 Å². The van der Waals surface area contributed by atoms with E-state index in [9.17, 15) is 4.39 Å². The lowest BCUT2D eigenvalue weighted by Crippen LogP contribution is -2.25. The smallest absolute Gasteiger partial charge is 0.123 e. The average molecular weight is 205 g/mol. The summed E-state index contributed by atoms with van der Waals surface area (Å²) >= 11 is 0. The molecule has 2 heteroatoms. The Kier molecular flexibility index (Phi) is 4.33. The van der Waals surface area contributed by atoms with Gasteiger partial charge in [0.05, 0.1) is 6.54 Å². The molecule has 0 bridgehead atoms. The summed E-state index contributed by atoms with van der Waals surface area (Å²) in [5, 5.41) is 3.25. The molecule has 0 heterocycles. The van der Waals surface area contributed by atoms with Crippen molar-refractivity contribution in [3.05, 3.63) is 35.6 Å². The molecule has 1 nitrogen and oxygen atoms in total. The van der Waals surface area contributed by atoms with Gasteiger partial charge in [0.2, 0.25) is 0 Å². The summed E-state index contributed by atoms with van der Waals surface area (Å²) < 4.78 is 12.8. The second kappa shape index (κ2) is 5.53. The summed E-state index contributed by atoms with van der Waals surface area (Å²) in [5.41, 5.74) is 1.07. The van der Waals surface area contributed by atoms with E-state index in [0.717, 1.165) is 5.56 Å². The third-order valence-electron chi connectivity index (χ3n) is 2.32. The van der Waals surface area contributed by atoms with Gasteiger partial charge in [-0.1, -0.05) is 31.9 Å². The quantitative estimate of drug-likeness (QED) is 0.745. The van der Waals surface area contributed by atoms with Crippen molar-refractivity contribution < 1.29 is 4.39 Å². The Balaban J connectivity index is 2.80.